The Hall–Kier alpha value is -4.05. The lowest BCUT2D eigenvalue weighted by molar-refractivity contribution is -0.160. The Morgan fingerprint density at radius 2 is 1.86 bits per heavy atom. The third-order valence-corrected chi connectivity index (χ3v) is 6.79. The zero-order valence-electron chi connectivity index (χ0n) is 19.7. The average Bonchev–Trinajstić information content (AvgIpc) is 3.61. The molecule has 0 fully saturated rings. The van der Waals surface area contributed by atoms with Crippen LogP contribution in [0.3, 0.4) is 0 Å². The molecule has 0 unspecified atom stereocenters. The molecular weight excluding hydrogens is 484 g/mol. The van der Waals surface area contributed by atoms with E-state index in [9.17, 15) is 9.59 Å². The number of rotatable bonds is 7. The molecule has 0 N–H and O–H groups in total. The van der Waals surface area contributed by atoms with Gasteiger partial charge in [-0.3, -0.25) is 4.79 Å². The van der Waals surface area contributed by atoms with Crippen LogP contribution in [-0.2, 0) is 14.3 Å². The number of benzene rings is 2. The third-order valence-electron chi connectivity index (χ3n) is 5.87. The van der Waals surface area contributed by atoms with E-state index >= 15 is 0 Å². The SMILES string of the molecule is COc1ccc([C@H]2CC(c3cccs3)=NN2C(=O)COC(=O)[C@H]2COc3ccccc3O2)cc1OC. The summed E-state index contributed by atoms with van der Waals surface area (Å²) in [6.07, 6.45) is -0.454. The summed E-state index contributed by atoms with van der Waals surface area (Å²) in [5.41, 5.74) is 1.60. The molecule has 2 aliphatic heterocycles. The highest BCUT2D eigenvalue weighted by molar-refractivity contribution is 7.12. The summed E-state index contributed by atoms with van der Waals surface area (Å²) in [6, 6.07) is 16.0. The Bertz CT molecular complexity index is 1290. The van der Waals surface area contributed by atoms with E-state index in [1.54, 1.807) is 49.8 Å². The van der Waals surface area contributed by atoms with Gasteiger partial charge in [-0.05, 0) is 41.3 Å². The van der Waals surface area contributed by atoms with E-state index in [1.165, 1.54) is 5.01 Å². The van der Waals surface area contributed by atoms with Crippen molar-refractivity contribution in [2.24, 2.45) is 5.10 Å². The maximum Gasteiger partial charge on any atom is 0.351 e. The Morgan fingerprint density at radius 1 is 1.06 bits per heavy atom. The molecule has 0 saturated carbocycles. The largest absolute Gasteiger partial charge is 0.493 e. The minimum atomic E-state index is -0.960. The Kier molecular flexibility index (Phi) is 6.77. The van der Waals surface area contributed by atoms with Crippen molar-refractivity contribution in [1.29, 1.82) is 0 Å². The second kappa shape index (κ2) is 10.3. The number of esters is 1. The zero-order chi connectivity index (χ0) is 25.1. The van der Waals surface area contributed by atoms with Gasteiger partial charge in [-0.15, -0.1) is 11.3 Å². The van der Waals surface area contributed by atoms with Crippen LogP contribution in [0.5, 0.6) is 23.0 Å². The number of ether oxygens (including phenoxy) is 5. The maximum absolute atomic E-state index is 13.2. The van der Waals surface area contributed by atoms with Crippen molar-refractivity contribution in [3.63, 3.8) is 0 Å². The lowest BCUT2D eigenvalue weighted by Gasteiger charge is -2.26. The molecule has 36 heavy (non-hydrogen) atoms. The van der Waals surface area contributed by atoms with Gasteiger partial charge in [0.15, 0.2) is 29.6 Å². The van der Waals surface area contributed by atoms with E-state index in [-0.39, 0.29) is 6.61 Å². The number of hydrazone groups is 1. The number of methoxy groups -OCH3 is 2. The van der Waals surface area contributed by atoms with Crippen molar-refractivity contribution < 1.29 is 33.3 Å². The smallest absolute Gasteiger partial charge is 0.351 e. The number of carbonyl (C=O) groups is 2. The quantitative estimate of drug-likeness (QED) is 0.448. The van der Waals surface area contributed by atoms with Crippen molar-refractivity contribution in [1.82, 2.24) is 5.01 Å². The van der Waals surface area contributed by atoms with Gasteiger partial charge in [0.1, 0.15) is 6.61 Å². The van der Waals surface area contributed by atoms with Gasteiger partial charge >= 0.3 is 5.97 Å². The number of hydrogen-bond donors (Lipinski definition) is 0. The number of nitrogens with zero attached hydrogens (tertiary/aromatic N) is 2. The first-order valence-corrected chi connectivity index (χ1v) is 12.2. The molecule has 2 atom stereocenters. The maximum atomic E-state index is 13.2. The Balaban J connectivity index is 1.31. The molecule has 3 aromatic rings. The fourth-order valence-electron chi connectivity index (χ4n) is 4.08. The van der Waals surface area contributed by atoms with Crippen molar-refractivity contribution in [3.8, 4) is 23.0 Å². The summed E-state index contributed by atoms with van der Waals surface area (Å²) in [7, 11) is 3.12. The molecule has 0 aliphatic carbocycles. The van der Waals surface area contributed by atoms with Crippen LogP contribution in [0.2, 0.25) is 0 Å². The number of carbonyl (C=O) groups excluding carboxylic acids is 2. The van der Waals surface area contributed by atoms with Crippen LogP contribution in [0.15, 0.2) is 65.1 Å². The van der Waals surface area contributed by atoms with E-state index in [2.05, 4.69) is 5.10 Å². The van der Waals surface area contributed by atoms with Crippen LogP contribution >= 0.6 is 11.3 Å². The van der Waals surface area contributed by atoms with Gasteiger partial charge in [0.05, 0.1) is 30.9 Å². The number of hydrogen-bond acceptors (Lipinski definition) is 9. The number of thiophene rings is 1. The minimum absolute atomic E-state index is 0.00268. The van der Waals surface area contributed by atoms with Crippen molar-refractivity contribution >= 4 is 28.9 Å². The topological polar surface area (TPSA) is 95.9 Å². The highest BCUT2D eigenvalue weighted by atomic mass is 32.1. The number of para-hydroxylation sites is 2. The summed E-state index contributed by atoms with van der Waals surface area (Å²) in [6.45, 7) is -0.478. The van der Waals surface area contributed by atoms with Crippen LogP contribution < -0.4 is 18.9 Å². The molecule has 0 radical (unpaired) electrons. The van der Waals surface area contributed by atoms with E-state index in [4.69, 9.17) is 23.7 Å². The normalized spacial score (nSPS) is 18.4. The third kappa shape index (κ3) is 4.72. The number of fused-ring (bicyclic) bond motifs is 1. The summed E-state index contributed by atoms with van der Waals surface area (Å²) in [5, 5.41) is 7.93. The van der Waals surface area contributed by atoms with E-state index < -0.39 is 30.6 Å². The van der Waals surface area contributed by atoms with Crippen molar-refractivity contribution in [2.45, 2.75) is 18.6 Å². The van der Waals surface area contributed by atoms with Crippen molar-refractivity contribution in [2.75, 3.05) is 27.4 Å². The van der Waals surface area contributed by atoms with Gasteiger partial charge in [0, 0.05) is 6.42 Å². The average molecular weight is 509 g/mol. The molecule has 1 aromatic heterocycles. The molecule has 2 aromatic carbocycles. The lowest BCUT2D eigenvalue weighted by Crippen LogP contribution is -2.40. The van der Waals surface area contributed by atoms with Gasteiger partial charge in [-0.25, -0.2) is 9.80 Å². The Labute approximate surface area is 211 Å². The Morgan fingerprint density at radius 3 is 2.61 bits per heavy atom. The van der Waals surface area contributed by atoms with E-state index in [0.717, 1.165) is 16.2 Å². The standard InChI is InChI=1S/C26H24N2O7S/c1-31-19-10-9-16(12-22(19)32-2)18-13-17(24-8-5-11-36-24)27-28(18)25(29)15-34-26(30)23-14-33-20-6-3-4-7-21(20)35-23/h3-12,18,23H,13-15H2,1-2H3/t18-,23-/m1/s1. The molecule has 10 heteroatoms. The molecule has 5 rings (SSSR count). The molecular formula is C26H24N2O7S. The van der Waals surface area contributed by atoms with Crippen LogP contribution in [0, 0.1) is 0 Å². The predicted molar refractivity (Wildman–Crippen MR) is 132 cm³/mol. The second-order valence-corrected chi connectivity index (χ2v) is 9.02. The first-order valence-electron chi connectivity index (χ1n) is 11.3. The molecule has 0 spiro atoms. The van der Waals surface area contributed by atoms with Crippen molar-refractivity contribution in [3.05, 3.63) is 70.4 Å². The zero-order valence-corrected chi connectivity index (χ0v) is 20.5. The minimum Gasteiger partial charge on any atom is -0.493 e. The van der Waals surface area contributed by atoms with Gasteiger partial charge in [0.2, 0.25) is 6.10 Å². The van der Waals surface area contributed by atoms with Crippen LogP contribution in [-0.4, -0.2) is 56.1 Å². The first-order chi connectivity index (χ1) is 17.6. The molecule has 186 valence electrons. The molecule has 0 saturated heterocycles. The highest BCUT2D eigenvalue weighted by Gasteiger charge is 2.35. The summed E-state index contributed by atoms with van der Waals surface area (Å²) in [4.78, 5) is 26.8. The monoisotopic (exact) mass is 508 g/mol. The van der Waals surface area contributed by atoms with Gasteiger partial charge in [-0.2, -0.15) is 5.10 Å². The van der Waals surface area contributed by atoms with Gasteiger partial charge in [0.25, 0.3) is 5.91 Å². The van der Waals surface area contributed by atoms with E-state index in [0.29, 0.717) is 29.4 Å². The van der Waals surface area contributed by atoms with Gasteiger partial charge in [-0.1, -0.05) is 24.3 Å². The second-order valence-electron chi connectivity index (χ2n) is 8.07. The first kappa shape index (κ1) is 23.7. The van der Waals surface area contributed by atoms with Crippen LogP contribution in [0.1, 0.15) is 22.9 Å². The van der Waals surface area contributed by atoms with Crippen LogP contribution in [0.25, 0.3) is 0 Å². The molecule has 3 heterocycles. The lowest BCUT2D eigenvalue weighted by atomic mass is 10.0. The predicted octanol–water partition coefficient (Wildman–Crippen LogP) is 3.83. The molecule has 9 nitrogen and oxygen atoms in total. The van der Waals surface area contributed by atoms with Crippen LogP contribution in [0.4, 0.5) is 0 Å². The highest BCUT2D eigenvalue weighted by Crippen LogP contribution is 2.38. The molecule has 0 bridgehead atoms. The van der Waals surface area contributed by atoms with E-state index in [1.807, 2.05) is 35.7 Å². The fourth-order valence-corrected chi connectivity index (χ4v) is 4.80. The summed E-state index contributed by atoms with van der Waals surface area (Å²) in [5.74, 6) is 1.02. The number of amides is 1. The van der Waals surface area contributed by atoms with Gasteiger partial charge < -0.3 is 23.7 Å². The fraction of sp³-hybridized carbons (Fsp3) is 0.269. The molecule has 1 amide bonds. The molecule has 2 aliphatic rings. The summed E-state index contributed by atoms with van der Waals surface area (Å²) < 4.78 is 27.3. The summed E-state index contributed by atoms with van der Waals surface area (Å²) >= 11 is 1.55.